The average molecular weight is 262 g/mol. The lowest BCUT2D eigenvalue weighted by atomic mass is 9.99. The second kappa shape index (κ2) is 4.29. The molecular formula is C7H4ClN3O6. The minimum absolute atomic E-state index is 0.490. The van der Waals surface area contributed by atoms with Crippen LogP contribution in [0.4, 0.5) is 0 Å². The summed E-state index contributed by atoms with van der Waals surface area (Å²) in [5, 5.41) is 31.0. The topological polar surface area (TPSA) is 129 Å². The molecule has 1 atom stereocenters. The quantitative estimate of drug-likeness (QED) is 0.552. The van der Waals surface area contributed by atoms with Crippen molar-refractivity contribution in [1.82, 2.24) is 0 Å². The molecule has 0 bridgehead atoms. The number of halogens is 1. The predicted octanol–water partition coefficient (Wildman–Crippen LogP) is 1.09. The second-order valence-electron chi connectivity index (χ2n) is 2.98. The Hall–Kier alpha value is -2.29. The Balaban J connectivity index is 3.46. The standard InChI is InChI=1S/C7H4ClN3O6/c1-3-4(9(12)13)2-5(10(14)15)6(8)7(3)11(16)17/h2,4H,1H2. The molecule has 0 amide bonds. The zero-order valence-corrected chi connectivity index (χ0v) is 8.79. The maximum absolute atomic E-state index is 10.6. The van der Waals surface area contributed by atoms with Crippen LogP contribution in [0, 0.1) is 30.3 Å². The Morgan fingerprint density at radius 3 is 2.06 bits per heavy atom. The van der Waals surface area contributed by atoms with E-state index in [9.17, 15) is 30.3 Å². The fourth-order valence-corrected chi connectivity index (χ4v) is 1.57. The van der Waals surface area contributed by atoms with E-state index >= 15 is 0 Å². The van der Waals surface area contributed by atoms with Crippen LogP contribution in [-0.2, 0) is 0 Å². The van der Waals surface area contributed by atoms with Crippen molar-refractivity contribution in [3.8, 4) is 0 Å². The fraction of sp³-hybridized carbons (Fsp3) is 0.143. The highest BCUT2D eigenvalue weighted by atomic mass is 35.5. The summed E-state index contributed by atoms with van der Waals surface area (Å²) in [4.78, 5) is 28.8. The summed E-state index contributed by atoms with van der Waals surface area (Å²) in [6.07, 6.45) is 0.623. The van der Waals surface area contributed by atoms with Gasteiger partial charge in [0.15, 0.2) is 5.03 Å². The van der Waals surface area contributed by atoms with Gasteiger partial charge in [0.25, 0.3) is 11.7 Å². The molecule has 0 radical (unpaired) electrons. The highest BCUT2D eigenvalue weighted by molar-refractivity contribution is 6.32. The monoisotopic (exact) mass is 261 g/mol. The summed E-state index contributed by atoms with van der Waals surface area (Å²) in [7, 11) is 0. The molecule has 0 aromatic rings. The Labute approximate surface area is 98.1 Å². The van der Waals surface area contributed by atoms with Gasteiger partial charge in [0, 0.05) is 4.92 Å². The first-order valence-corrected chi connectivity index (χ1v) is 4.38. The summed E-state index contributed by atoms with van der Waals surface area (Å²) in [5.41, 5.74) is -2.26. The maximum Gasteiger partial charge on any atom is 0.304 e. The molecular weight excluding hydrogens is 258 g/mol. The molecule has 0 aromatic carbocycles. The zero-order valence-electron chi connectivity index (χ0n) is 8.03. The maximum atomic E-state index is 10.6. The number of nitrogens with zero attached hydrogens (tertiary/aromatic N) is 3. The highest BCUT2D eigenvalue weighted by Crippen LogP contribution is 2.33. The predicted molar refractivity (Wildman–Crippen MR) is 54.9 cm³/mol. The number of nitro groups is 3. The molecule has 10 heteroatoms. The summed E-state index contributed by atoms with van der Waals surface area (Å²) < 4.78 is 0. The molecule has 0 fully saturated rings. The molecule has 0 heterocycles. The molecule has 1 aliphatic rings. The number of hydrogen-bond donors (Lipinski definition) is 0. The van der Waals surface area contributed by atoms with Gasteiger partial charge < -0.3 is 0 Å². The largest absolute Gasteiger partial charge is 0.304 e. The van der Waals surface area contributed by atoms with Crippen molar-refractivity contribution < 1.29 is 14.8 Å². The van der Waals surface area contributed by atoms with Crippen LogP contribution in [-0.4, -0.2) is 20.8 Å². The molecule has 0 aliphatic heterocycles. The smallest absolute Gasteiger partial charge is 0.264 e. The molecule has 0 N–H and O–H groups in total. The van der Waals surface area contributed by atoms with E-state index in [-0.39, 0.29) is 0 Å². The van der Waals surface area contributed by atoms with E-state index in [1.165, 1.54) is 0 Å². The van der Waals surface area contributed by atoms with Crippen LogP contribution in [0.15, 0.2) is 34.7 Å². The van der Waals surface area contributed by atoms with E-state index in [0.29, 0.717) is 6.08 Å². The van der Waals surface area contributed by atoms with Gasteiger partial charge in [-0.3, -0.25) is 30.3 Å². The van der Waals surface area contributed by atoms with Crippen molar-refractivity contribution >= 4 is 11.6 Å². The lowest BCUT2D eigenvalue weighted by molar-refractivity contribution is -0.508. The van der Waals surface area contributed by atoms with E-state index < -0.39 is 42.8 Å². The van der Waals surface area contributed by atoms with Gasteiger partial charge in [-0.15, -0.1) is 0 Å². The number of rotatable bonds is 3. The van der Waals surface area contributed by atoms with Crippen molar-refractivity contribution in [3.63, 3.8) is 0 Å². The normalized spacial score (nSPS) is 19.9. The molecule has 0 spiro atoms. The Kier molecular flexibility index (Phi) is 3.23. The van der Waals surface area contributed by atoms with Gasteiger partial charge in [0.1, 0.15) is 5.57 Å². The van der Waals surface area contributed by atoms with Crippen LogP contribution < -0.4 is 0 Å². The van der Waals surface area contributed by atoms with Crippen molar-refractivity contribution in [3.05, 3.63) is 65.0 Å². The van der Waals surface area contributed by atoms with Gasteiger partial charge in [0.2, 0.25) is 0 Å². The lowest BCUT2D eigenvalue weighted by Gasteiger charge is -2.11. The van der Waals surface area contributed by atoms with Crippen LogP contribution in [0.1, 0.15) is 0 Å². The molecule has 1 aliphatic carbocycles. The van der Waals surface area contributed by atoms with Crippen molar-refractivity contribution in [1.29, 1.82) is 0 Å². The first kappa shape index (κ1) is 12.8. The lowest BCUT2D eigenvalue weighted by Crippen LogP contribution is -2.28. The van der Waals surface area contributed by atoms with Crippen LogP contribution in [0.5, 0.6) is 0 Å². The molecule has 9 nitrogen and oxygen atoms in total. The first-order valence-electron chi connectivity index (χ1n) is 4.00. The molecule has 0 aromatic heterocycles. The summed E-state index contributed by atoms with van der Waals surface area (Å²) in [6.45, 7) is 3.17. The molecule has 0 saturated carbocycles. The summed E-state index contributed by atoms with van der Waals surface area (Å²) in [5.74, 6) is 0. The SMILES string of the molecule is C=C1C([N+](=O)[O-])=C(Cl)C([N+](=O)[O-])=CC1[N+](=O)[O-]. The highest BCUT2D eigenvalue weighted by Gasteiger charge is 2.43. The Bertz CT molecular complexity index is 508. The van der Waals surface area contributed by atoms with Gasteiger partial charge in [-0.2, -0.15) is 0 Å². The molecule has 1 rings (SSSR count). The first-order chi connectivity index (χ1) is 7.77. The summed E-state index contributed by atoms with van der Waals surface area (Å²) in [6, 6.07) is -1.72. The van der Waals surface area contributed by atoms with Gasteiger partial charge in [-0.05, 0) is 0 Å². The van der Waals surface area contributed by atoms with Gasteiger partial charge in [0.05, 0.1) is 15.9 Å². The molecule has 1 unspecified atom stereocenters. The van der Waals surface area contributed by atoms with Crippen LogP contribution in [0.2, 0.25) is 0 Å². The van der Waals surface area contributed by atoms with Gasteiger partial charge in [-0.1, -0.05) is 18.2 Å². The zero-order chi connectivity index (χ0) is 13.3. The second-order valence-corrected chi connectivity index (χ2v) is 3.36. The van der Waals surface area contributed by atoms with Gasteiger partial charge >= 0.3 is 5.70 Å². The average Bonchev–Trinajstić information content (AvgIpc) is 2.15. The van der Waals surface area contributed by atoms with Crippen molar-refractivity contribution in [2.24, 2.45) is 0 Å². The van der Waals surface area contributed by atoms with E-state index in [1.807, 2.05) is 0 Å². The Morgan fingerprint density at radius 2 is 1.71 bits per heavy atom. The molecule has 17 heavy (non-hydrogen) atoms. The third-order valence-corrected chi connectivity index (χ3v) is 2.39. The third-order valence-electron chi connectivity index (χ3n) is 2.02. The number of allylic oxidation sites excluding steroid dienone is 1. The van der Waals surface area contributed by atoms with Crippen LogP contribution >= 0.6 is 11.6 Å². The molecule has 90 valence electrons. The number of hydrogen-bond acceptors (Lipinski definition) is 6. The third kappa shape index (κ3) is 2.13. The Morgan fingerprint density at radius 1 is 1.18 bits per heavy atom. The van der Waals surface area contributed by atoms with E-state index in [2.05, 4.69) is 6.58 Å². The van der Waals surface area contributed by atoms with E-state index in [0.717, 1.165) is 0 Å². The van der Waals surface area contributed by atoms with Crippen molar-refractivity contribution in [2.75, 3.05) is 0 Å². The van der Waals surface area contributed by atoms with Crippen molar-refractivity contribution in [2.45, 2.75) is 6.04 Å². The van der Waals surface area contributed by atoms with Crippen LogP contribution in [0.3, 0.4) is 0 Å². The molecule has 0 saturated heterocycles. The minimum Gasteiger partial charge on any atom is -0.264 e. The van der Waals surface area contributed by atoms with Crippen LogP contribution in [0.25, 0.3) is 0 Å². The minimum atomic E-state index is -1.72. The summed E-state index contributed by atoms with van der Waals surface area (Å²) >= 11 is 5.45. The van der Waals surface area contributed by atoms with E-state index in [4.69, 9.17) is 11.6 Å². The fourth-order valence-electron chi connectivity index (χ4n) is 1.25. The van der Waals surface area contributed by atoms with Gasteiger partial charge in [-0.25, -0.2) is 0 Å². The van der Waals surface area contributed by atoms with E-state index in [1.54, 1.807) is 0 Å².